The van der Waals surface area contributed by atoms with Crippen LogP contribution >= 0.6 is 15.9 Å². The molecule has 0 spiro atoms. The number of carboxylic acids is 1. The number of carbonyl (C=O) groups is 1. The minimum absolute atomic E-state index is 0.186. The Morgan fingerprint density at radius 3 is 2.44 bits per heavy atom. The maximum absolute atomic E-state index is 12.3. The van der Waals surface area contributed by atoms with Gasteiger partial charge in [-0.05, 0) is 38.1 Å². The van der Waals surface area contributed by atoms with Gasteiger partial charge in [0.2, 0.25) is 0 Å². The summed E-state index contributed by atoms with van der Waals surface area (Å²) in [5.74, 6) is -1.01. The van der Waals surface area contributed by atoms with Gasteiger partial charge in [-0.2, -0.15) is 5.10 Å². The van der Waals surface area contributed by atoms with E-state index in [9.17, 15) is 9.90 Å². The molecule has 2 aromatic carbocycles. The SMILES string of the molecule is Cc1cc(C)n(-c2c(-c3ccccc3)nc3ccc(Br)cc3c2C(=O)O)n1. The highest BCUT2D eigenvalue weighted by Gasteiger charge is 2.24. The molecule has 0 unspecified atom stereocenters. The molecule has 0 bridgehead atoms. The van der Waals surface area contributed by atoms with Crippen molar-refractivity contribution in [1.29, 1.82) is 0 Å². The first-order chi connectivity index (χ1) is 13.0. The molecule has 134 valence electrons. The zero-order valence-electron chi connectivity index (χ0n) is 14.8. The summed E-state index contributed by atoms with van der Waals surface area (Å²) >= 11 is 3.44. The first-order valence-corrected chi connectivity index (χ1v) is 9.20. The van der Waals surface area contributed by atoms with Gasteiger partial charge in [-0.15, -0.1) is 0 Å². The normalized spacial score (nSPS) is 11.1. The van der Waals surface area contributed by atoms with Crippen LogP contribution in [0, 0.1) is 13.8 Å². The van der Waals surface area contributed by atoms with E-state index in [1.165, 1.54) is 0 Å². The number of aromatic carboxylic acids is 1. The minimum Gasteiger partial charge on any atom is -0.478 e. The highest BCUT2D eigenvalue weighted by atomic mass is 79.9. The fraction of sp³-hybridized carbons (Fsp3) is 0.0952. The van der Waals surface area contributed by atoms with Gasteiger partial charge in [0, 0.05) is 21.1 Å². The van der Waals surface area contributed by atoms with Gasteiger partial charge < -0.3 is 5.11 Å². The number of carboxylic acid groups (broad SMARTS) is 1. The van der Waals surface area contributed by atoms with Crippen molar-refractivity contribution >= 4 is 32.8 Å². The minimum atomic E-state index is -1.01. The molecule has 4 rings (SSSR count). The number of nitrogens with zero attached hydrogens (tertiary/aromatic N) is 3. The third-order valence-electron chi connectivity index (χ3n) is 4.40. The number of hydrogen-bond donors (Lipinski definition) is 1. The van der Waals surface area contributed by atoms with Gasteiger partial charge in [0.25, 0.3) is 0 Å². The molecule has 4 aromatic rings. The van der Waals surface area contributed by atoms with Crippen LogP contribution < -0.4 is 0 Å². The van der Waals surface area contributed by atoms with E-state index in [1.807, 2.05) is 62.4 Å². The molecule has 0 aliphatic heterocycles. The van der Waals surface area contributed by atoms with E-state index in [1.54, 1.807) is 10.7 Å². The Kier molecular flexibility index (Phi) is 4.28. The zero-order valence-corrected chi connectivity index (χ0v) is 16.4. The summed E-state index contributed by atoms with van der Waals surface area (Å²) in [6.07, 6.45) is 0. The topological polar surface area (TPSA) is 68.0 Å². The predicted molar refractivity (Wildman–Crippen MR) is 108 cm³/mol. The lowest BCUT2D eigenvalue weighted by Crippen LogP contribution is -2.12. The van der Waals surface area contributed by atoms with Gasteiger partial charge in [0.05, 0.1) is 22.5 Å². The van der Waals surface area contributed by atoms with Crippen LogP contribution in [-0.4, -0.2) is 25.8 Å². The third kappa shape index (κ3) is 3.02. The van der Waals surface area contributed by atoms with Gasteiger partial charge in [0.1, 0.15) is 5.69 Å². The maximum Gasteiger partial charge on any atom is 0.338 e. The summed E-state index contributed by atoms with van der Waals surface area (Å²) in [6.45, 7) is 3.79. The molecule has 0 radical (unpaired) electrons. The highest BCUT2D eigenvalue weighted by Crippen LogP contribution is 2.34. The molecule has 0 atom stereocenters. The molecule has 0 fully saturated rings. The number of rotatable bonds is 3. The largest absolute Gasteiger partial charge is 0.478 e. The van der Waals surface area contributed by atoms with Crippen molar-refractivity contribution in [3.8, 4) is 16.9 Å². The average molecular weight is 422 g/mol. The summed E-state index contributed by atoms with van der Waals surface area (Å²) in [4.78, 5) is 17.1. The van der Waals surface area contributed by atoms with Crippen molar-refractivity contribution in [2.45, 2.75) is 13.8 Å². The van der Waals surface area contributed by atoms with Gasteiger partial charge in [0.15, 0.2) is 0 Å². The van der Waals surface area contributed by atoms with Crippen molar-refractivity contribution in [1.82, 2.24) is 14.8 Å². The van der Waals surface area contributed by atoms with E-state index in [0.717, 1.165) is 21.4 Å². The van der Waals surface area contributed by atoms with Gasteiger partial charge in [-0.3, -0.25) is 0 Å². The van der Waals surface area contributed by atoms with E-state index < -0.39 is 5.97 Å². The first-order valence-electron chi connectivity index (χ1n) is 8.41. The van der Waals surface area contributed by atoms with Crippen molar-refractivity contribution in [2.24, 2.45) is 0 Å². The molecule has 0 saturated carbocycles. The molecule has 6 heteroatoms. The predicted octanol–water partition coefficient (Wildman–Crippen LogP) is 5.17. The summed E-state index contributed by atoms with van der Waals surface area (Å²) in [6, 6.07) is 17.0. The molecule has 2 heterocycles. The fourth-order valence-corrected chi connectivity index (χ4v) is 3.66. The first kappa shape index (κ1) is 17.4. The van der Waals surface area contributed by atoms with Gasteiger partial charge in [-0.1, -0.05) is 46.3 Å². The average Bonchev–Trinajstić information content (AvgIpc) is 2.98. The molecule has 0 aliphatic carbocycles. The van der Waals surface area contributed by atoms with Gasteiger partial charge >= 0.3 is 5.97 Å². The van der Waals surface area contributed by atoms with E-state index in [2.05, 4.69) is 21.0 Å². The van der Waals surface area contributed by atoms with Crippen molar-refractivity contribution in [2.75, 3.05) is 0 Å². The lowest BCUT2D eigenvalue weighted by Gasteiger charge is -2.16. The molecular weight excluding hydrogens is 406 g/mol. The van der Waals surface area contributed by atoms with E-state index in [0.29, 0.717) is 22.3 Å². The quantitative estimate of drug-likeness (QED) is 0.495. The van der Waals surface area contributed by atoms with Crippen LogP contribution in [0.4, 0.5) is 0 Å². The van der Waals surface area contributed by atoms with Crippen molar-refractivity contribution in [3.05, 3.63) is 76.0 Å². The van der Waals surface area contributed by atoms with Crippen LogP contribution in [0.1, 0.15) is 21.7 Å². The Bertz CT molecular complexity index is 1180. The molecule has 5 nitrogen and oxygen atoms in total. The summed E-state index contributed by atoms with van der Waals surface area (Å²) in [5, 5.41) is 15.2. The standard InChI is InChI=1S/C21H16BrN3O2/c1-12-10-13(2)25(24-12)20-18(21(26)27)16-11-15(22)8-9-17(16)23-19(20)14-6-4-3-5-7-14/h3-11H,1-2H3,(H,26,27). The summed E-state index contributed by atoms with van der Waals surface area (Å²) < 4.78 is 2.47. The molecule has 0 aliphatic rings. The number of halogens is 1. The number of benzene rings is 2. The van der Waals surface area contributed by atoms with Crippen molar-refractivity contribution in [3.63, 3.8) is 0 Å². The van der Waals surface area contributed by atoms with Crippen LogP contribution in [0.3, 0.4) is 0 Å². The van der Waals surface area contributed by atoms with E-state index in [4.69, 9.17) is 4.98 Å². The van der Waals surface area contributed by atoms with E-state index >= 15 is 0 Å². The Morgan fingerprint density at radius 2 is 1.81 bits per heavy atom. The smallest absolute Gasteiger partial charge is 0.338 e. The summed E-state index contributed by atoms with van der Waals surface area (Å²) in [5.41, 5.74) is 4.39. The van der Waals surface area contributed by atoms with Crippen LogP contribution in [0.25, 0.3) is 27.8 Å². The highest BCUT2D eigenvalue weighted by molar-refractivity contribution is 9.10. The maximum atomic E-state index is 12.3. The fourth-order valence-electron chi connectivity index (χ4n) is 3.30. The van der Waals surface area contributed by atoms with Gasteiger partial charge in [-0.25, -0.2) is 14.5 Å². The molecule has 0 amide bonds. The zero-order chi connectivity index (χ0) is 19.1. The molecule has 0 saturated heterocycles. The lowest BCUT2D eigenvalue weighted by atomic mass is 10.0. The molecule has 27 heavy (non-hydrogen) atoms. The third-order valence-corrected chi connectivity index (χ3v) is 4.90. The van der Waals surface area contributed by atoms with Crippen LogP contribution in [-0.2, 0) is 0 Å². The number of hydrogen-bond acceptors (Lipinski definition) is 3. The van der Waals surface area contributed by atoms with Crippen LogP contribution in [0.5, 0.6) is 0 Å². The Morgan fingerprint density at radius 1 is 1.07 bits per heavy atom. The number of pyridine rings is 1. The second kappa shape index (κ2) is 6.63. The molecule has 1 N–H and O–H groups in total. The molecular formula is C21H16BrN3O2. The Balaban J connectivity index is 2.21. The second-order valence-corrected chi connectivity index (χ2v) is 7.27. The lowest BCUT2D eigenvalue weighted by molar-refractivity contribution is 0.0699. The van der Waals surface area contributed by atoms with Crippen LogP contribution in [0.15, 0.2) is 59.1 Å². The number of aryl methyl sites for hydroxylation is 2. The second-order valence-electron chi connectivity index (χ2n) is 6.36. The van der Waals surface area contributed by atoms with E-state index in [-0.39, 0.29) is 5.56 Å². The monoisotopic (exact) mass is 421 g/mol. The molecule has 2 aromatic heterocycles. The Labute approximate surface area is 164 Å². The number of aromatic nitrogens is 3. The summed E-state index contributed by atoms with van der Waals surface area (Å²) in [7, 11) is 0. The van der Waals surface area contributed by atoms with Crippen molar-refractivity contribution < 1.29 is 9.90 Å². The Hall–Kier alpha value is -2.99. The number of fused-ring (bicyclic) bond motifs is 1. The van der Waals surface area contributed by atoms with Crippen LogP contribution in [0.2, 0.25) is 0 Å².